The summed E-state index contributed by atoms with van der Waals surface area (Å²) in [6, 6.07) is 1.34. The van der Waals surface area contributed by atoms with Gasteiger partial charge in [-0.25, -0.2) is 4.79 Å². The molecule has 0 radical (unpaired) electrons. The fraction of sp³-hybridized carbons (Fsp3) is 0.412. The molecule has 1 aliphatic heterocycles. The molecule has 1 saturated heterocycles. The van der Waals surface area contributed by atoms with Crippen LogP contribution in [0.25, 0.3) is 0 Å². The Balaban J connectivity index is 2.14. The third-order valence-electron chi connectivity index (χ3n) is 4.09. The van der Waals surface area contributed by atoms with Crippen LogP contribution >= 0.6 is 0 Å². The van der Waals surface area contributed by atoms with Crippen molar-refractivity contribution < 1.29 is 23.6 Å². The van der Waals surface area contributed by atoms with Gasteiger partial charge in [-0.2, -0.15) is 0 Å². The summed E-state index contributed by atoms with van der Waals surface area (Å²) in [5, 5.41) is 5.30. The zero-order valence-corrected chi connectivity index (χ0v) is 15.0. The van der Waals surface area contributed by atoms with E-state index < -0.39 is 35.8 Å². The number of likely N-dealkylation sites (tertiary alicyclic amines) is 1. The van der Waals surface area contributed by atoms with Crippen molar-refractivity contribution in [2.75, 3.05) is 26.7 Å². The highest BCUT2D eigenvalue weighted by Gasteiger charge is 2.42. The molecule has 0 aromatic carbocycles. The average Bonchev–Trinajstić information content (AvgIpc) is 3.28. The number of amides is 5. The van der Waals surface area contributed by atoms with Crippen LogP contribution in [0.1, 0.15) is 17.0 Å². The summed E-state index contributed by atoms with van der Waals surface area (Å²) in [7, 11) is 1.43. The van der Waals surface area contributed by atoms with Crippen molar-refractivity contribution in [1.29, 1.82) is 0 Å². The number of primary amides is 1. The van der Waals surface area contributed by atoms with Gasteiger partial charge in [-0.3, -0.25) is 14.4 Å². The lowest BCUT2D eigenvalue weighted by Gasteiger charge is -2.26. The average molecular weight is 377 g/mol. The van der Waals surface area contributed by atoms with Crippen molar-refractivity contribution >= 4 is 23.8 Å². The Hall–Kier alpha value is -3.30. The zero-order chi connectivity index (χ0) is 20.0. The Morgan fingerprint density at radius 3 is 2.78 bits per heavy atom. The molecule has 0 aliphatic carbocycles. The summed E-state index contributed by atoms with van der Waals surface area (Å²) in [6.45, 7) is 3.66. The van der Waals surface area contributed by atoms with Gasteiger partial charge in [0.25, 0.3) is 5.91 Å². The van der Waals surface area contributed by atoms with Gasteiger partial charge < -0.3 is 30.6 Å². The Kier molecular flexibility index (Phi) is 6.58. The maximum absolute atomic E-state index is 12.7. The number of hydrogen-bond acceptors (Lipinski definition) is 5. The van der Waals surface area contributed by atoms with Crippen LogP contribution in [0.4, 0.5) is 4.79 Å². The van der Waals surface area contributed by atoms with Crippen molar-refractivity contribution in [2.24, 2.45) is 5.73 Å². The Morgan fingerprint density at radius 2 is 2.19 bits per heavy atom. The molecule has 0 spiro atoms. The molecular weight excluding hydrogens is 354 g/mol. The third-order valence-corrected chi connectivity index (χ3v) is 4.09. The first kappa shape index (κ1) is 20.0. The summed E-state index contributed by atoms with van der Waals surface area (Å²) < 4.78 is 5.13. The summed E-state index contributed by atoms with van der Waals surface area (Å²) in [5.74, 6) is -1.49. The van der Waals surface area contributed by atoms with E-state index in [0.29, 0.717) is 0 Å². The highest BCUT2D eigenvalue weighted by atomic mass is 16.3. The van der Waals surface area contributed by atoms with Gasteiger partial charge in [0, 0.05) is 20.1 Å². The van der Waals surface area contributed by atoms with Gasteiger partial charge in [-0.05, 0) is 18.6 Å². The van der Waals surface area contributed by atoms with Crippen LogP contribution in [0.3, 0.4) is 0 Å². The largest absolute Gasteiger partial charge is 0.459 e. The van der Waals surface area contributed by atoms with Crippen molar-refractivity contribution in [3.05, 3.63) is 36.8 Å². The van der Waals surface area contributed by atoms with Crippen LogP contribution in [0.2, 0.25) is 0 Å². The van der Waals surface area contributed by atoms with Crippen LogP contribution in [0, 0.1) is 0 Å². The van der Waals surface area contributed by atoms with E-state index in [4.69, 9.17) is 10.2 Å². The fourth-order valence-electron chi connectivity index (χ4n) is 2.91. The fourth-order valence-corrected chi connectivity index (χ4v) is 2.91. The number of hydrogen-bond donors (Lipinski definition) is 3. The molecule has 0 saturated carbocycles. The van der Waals surface area contributed by atoms with Crippen LogP contribution < -0.4 is 16.4 Å². The molecule has 2 heterocycles. The molecule has 1 aromatic heterocycles. The normalized spacial score (nSPS) is 18.6. The molecule has 2 rings (SSSR count). The number of furan rings is 1. The first-order chi connectivity index (χ1) is 12.8. The summed E-state index contributed by atoms with van der Waals surface area (Å²) in [6.07, 6.45) is 3.10. The summed E-state index contributed by atoms with van der Waals surface area (Å²) in [4.78, 5) is 50.9. The van der Waals surface area contributed by atoms with E-state index in [0.717, 1.165) is 4.90 Å². The van der Waals surface area contributed by atoms with Gasteiger partial charge >= 0.3 is 6.03 Å². The Morgan fingerprint density at radius 1 is 1.44 bits per heavy atom. The van der Waals surface area contributed by atoms with Crippen molar-refractivity contribution in [3.8, 4) is 0 Å². The molecule has 10 heteroatoms. The molecule has 2 atom stereocenters. The van der Waals surface area contributed by atoms with Gasteiger partial charge in [-0.1, -0.05) is 6.08 Å². The molecule has 146 valence electrons. The monoisotopic (exact) mass is 377 g/mol. The third kappa shape index (κ3) is 5.09. The number of nitrogens with zero attached hydrogens (tertiary/aromatic N) is 2. The maximum atomic E-state index is 12.7. The lowest BCUT2D eigenvalue weighted by molar-refractivity contribution is -0.137. The number of nitrogens with one attached hydrogen (secondary N) is 2. The maximum Gasteiger partial charge on any atom is 0.315 e. The van der Waals surface area contributed by atoms with E-state index in [1.807, 2.05) is 0 Å². The van der Waals surface area contributed by atoms with Gasteiger partial charge in [0.2, 0.25) is 11.8 Å². The molecule has 2 unspecified atom stereocenters. The lowest BCUT2D eigenvalue weighted by Crippen LogP contribution is -2.48. The molecule has 0 bridgehead atoms. The second-order valence-corrected chi connectivity index (χ2v) is 6.19. The molecule has 1 fully saturated rings. The molecule has 27 heavy (non-hydrogen) atoms. The minimum Gasteiger partial charge on any atom is -0.459 e. The number of rotatable bonds is 7. The molecule has 1 aliphatic rings. The van der Waals surface area contributed by atoms with Gasteiger partial charge in [0.1, 0.15) is 6.04 Å². The second-order valence-electron chi connectivity index (χ2n) is 6.19. The van der Waals surface area contributed by atoms with Gasteiger partial charge in [0.05, 0.1) is 18.8 Å². The van der Waals surface area contributed by atoms with E-state index in [-0.39, 0.29) is 31.8 Å². The molecule has 1 aromatic rings. The first-order valence-electron chi connectivity index (χ1n) is 8.36. The van der Waals surface area contributed by atoms with E-state index >= 15 is 0 Å². The number of likely N-dealkylation sites (N-methyl/N-ethyl adjacent to an activating group) is 1. The Labute approximate surface area is 156 Å². The second kappa shape index (κ2) is 8.88. The molecular formula is C17H23N5O5. The SMILES string of the molecule is C=CCNC(=O)NC1CC(C(=O)N(C)CC(N)=O)N(C(=O)c2ccco2)C1. The number of carbonyl (C=O) groups is 4. The molecule has 10 nitrogen and oxygen atoms in total. The van der Waals surface area contributed by atoms with E-state index in [2.05, 4.69) is 17.2 Å². The highest BCUT2D eigenvalue weighted by Crippen LogP contribution is 2.22. The van der Waals surface area contributed by atoms with E-state index in [9.17, 15) is 19.2 Å². The smallest absolute Gasteiger partial charge is 0.315 e. The Bertz CT molecular complexity index is 717. The van der Waals surface area contributed by atoms with Crippen molar-refractivity contribution in [2.45, 2.75) is 18.5 Å². The minimum atomic E-state index is -0.850. The number of urea groups is 1. The number of nitrogens with two attached hydrogens (primary N) is 1. The van der Waals surface area contributed by atoms with E-state index in [1.165, 1.54) is 30.4 Å². The van der Waals surface area contributed by atoms with Crippen LogP contribution in [-0.2, 0) is 9.59 Å². The molecule has 5 amide bonds. The minimum absolute atomic E-state index is 0.0853. The topological polar surface area (TPSA) is 138 Å². The zero-order valence-electron chi connectivity index (χ0n) is 15.0. The van der Waals surface area contributed by atoms with Crippen molar-refractivity contribution in [1.82, 2.24) is 20.4 Å². The summed E-state index contributed by atoms with van der Waals surface area (Å²) >= 11 is 0. The van der Waals surface area contributed by atoms with Crippen LogP contribution in [-0.4, -0.2) is 72.3 Å². The van der Waals surface area contributed by atoms with Gasteiger partial charge in [0.15, 0.2) is 5.76 Å². The molecule has 4 N–H and O–H groups in total. The predicted molar refractivity (Wildman–Crippen MR) is 95.5 cm³/mol. The van der Waals surface area contributed by atoms with Gasteiger partial charge in [-0.15, -0.1) is 6.58 Å². The van der Waals surface area contributed by atoms with E-state index in [1.54, 1.807) is 6.07 Å². The quantitative estimate of drug-likeness (QED) is 0.539. The standard InChI is InChI=1S/C17H23N5O5/c1-3-6-19-17(26)20-11-8-12(15(24)21(2)10-14(18)23)22(9-11)16(25)13-5-4-7-27-13/h3-5,7,11-12H,1,6,8-10H2,2H3,(H2,18,23)(H2,19,20,26). The lowest BCUT2D eigenvalue weighted by atomic mass is 10.1. The summed E-state index contributed by atoms with van der Waals surface area (Å²) in [5.41, 5.74) is 5.14. The van der Waals surface area contributed by atoms with Crippen LogP contribution in [0.15, 0.2) is 35.5 Å². The van der Waals surface area contributed by atoms with Crippen molar-refractivity contribution in [3.63, 3.8) is 0 Å². The predicted octanol–water partition coefficient (Wildman–Crippen LogP) is -0.708. The highest BCUT2D eigenvalue weighted by molar-refractivity contribution is 5.96. The van der Waals surface area contributed by atoms with Crippen LogP contribution in [0.5, 0.6) is 0 Å². The first-order valence-corrected chi connectivity index (χ1v) is 8.36. The number of carbonyl (C=O) groups excluding carboxylic acids is 4.